The Hall–Kier alpha value is -3.01. The fourth-order valence-corrected chi connectivity index (χ4v) is 5.95. The van der Waals surface area contributed by atoms with Gasteiger partial charge in [0.15, 0.2) is 5.65 Å². The number of aryl methyl sites for hydroxylation is 1. The maximum atomic E-state index is 12.6. The first-order valence-corrected chi connectivity index (χ1v) is 14.1. The maximum Gasteiger partial charge on any atom is 0.240 e. The van der Waals surface area contributed by atoms with Crippen molar-refractivity contribution in [3.63, 3.8) is 0 Å². The van der Waals surface area contributed by atoms with Gasteiger partial charge in [-0.05, 0) is 50.1 Å². The summed E-state index contributed by atoms with van der Waals surface area (Å²) in [7, 11) is -3.58. The van der Waals surface area contributed by atoms with Crippen molar-refractivity contribution in [1.29, 1.82) is 0 Å². The van der Waals surface area contributed by atoms with E-state index in [0.717, 1.165) is 41.1 Å². The van der Waals surface area contributed by atoms with Crippen molar-refractivity contribution in [2.75, 3.05) is 18.4 Å². The number of hydrogen-bond donors (Lipinski definition) is 2. The molecule has 0 atom stereocenters. The van der Waals surface area contributed by atoms with E-state index in [9.17, 15) is 8.42 Å². The molecular weight excluding hydrogens is 496 g/mol. The number of aromatic nitrogens is 4. The van der Waals surface area contributed by atoms with Crippen LogP contribution in [0.3, 0.4) is 0 Å². The highest BCUT2D eigenvalue weighted by molar-refractivity contribution is 7.89. The van der Waals surface area contributed by atoms with Crippen molar-refractivity contribution in [2.45, 2.75) is 49.8 Å². The Morgan fingerprint density at radius 1 is 1.00 bits per heavy atom. The first-order valence-electron chi connectivity index (χ1n) is 12.2. The molecule has 2 N–H and O–H groups in total. The highest BCUT2D eigenvalue weighted by Crippen LogP contribution is 2.34. The monoisotopic (exact) mass is 524 g/mol. The van der Waals surface area contributed by atoms with Gasteiger partial charge >= 0.3 is 0 Å². The van der Waals surface area contributed by atoms with Crippen LogP contribution in [0, 0.1) is 6.92 Å². The number of nitrogens with one attached hydrogen (secondary N) is 2. The molecule has 0 saturated heterocycles. The van der Waals surface area contributed by atoms with Crippen LogP contribution >= 0.6 is 11.6 Å². The summed E-state index contributed by atoms with van der Waals surface area (Å²) >= 11 is 6.26. The van der Waals surface area contributed by atoms with E-state index in [1.165, 1.54) is 19.3 Å². The number of rotatable bonds is 8. The Morgan fingerprint density at radius 2 is 1.78 bits per heavy atom. The number of nitrogens with zero attached hydrogens (tertiary/aromatic N) is 4. The van der Waals surface area contributed by atoms with Crippen LogP contribution < -0.4 is 10.0 Å². The topological polar surface area (TPSA) is 102 Å². The second-order valence-corrected chi connectivity index (χ2v) is 11.3. The summed E-state index contributed by atoms with van der Waals surface area (Å²) in [6, 6.07) is 15.9. The van der Waals surface area contributed by atoms with Crippen molar-refractivity contribution in [1.82, 2.24) is 24.5 Å². The van der Waals surface area contributed by atoms with Crippen LogP contribution in [0.2, 0.25) is 5.02 Å². The molecule has 1 aliphatic carbocycles. The van der Waals surface area contributed by atoms with Crippen LogP contribution in [0.5, 0.6) is 0 Å². The normalized spacial score (nSPS) is 14.8. The zero-order valence-corrected chi connectivity index (χ0v) is 21.7. The molecule has 0 radical (unpaired) electrons. The minimum absolute atomic E-state index is 0.211. The van der Waals surface area contributed by atoms with E-state index in [0.29, 0.717) is 23.3 Å². The molecule has 0 unspecified atom stereocenters. The molecule has 10 heteroatoms. The Kier molecular flexibility index (Phi) is 7.22. The molecule has 0 aliphatic heterocycles. The lowest BCUT2D eigenvalue weighted by molar-refractivity contribution is 0.429. The van der Waals surface area contributed by atoms with Gasteiger partial charge in [-0.15, -0.1) is 0 Å². The summed E-state index contributed by atoms with van der Waals surface area (Å²) in [5.74, 6) is 1.77. The second kappa shape index (κ2) is 10.5. The number of fused-ring (bicyclic) bond motifs is 1. The molecule has 0 amide bonds. The van der Waals surface area contributed by atoms with Gasteiger partial charge in [0.05, 0.1) is 21.7 Å². The SMILES string of the molecule is Cc1nn(-c2cccc(Cl)c2)c2nc(C3CCCCC3)nc(NCCNS(=O)(=O)c3ccccc3)c12. The summed E-state index contributed by atoms with van der Waals surface area (Å²) in [4.78, 5) is 10.2. The molecular formula is C26H29ClN6O2S. The summed E-state index contributed by atoms with van der Waals surface area (Å²) < 4.78 is 29.6. The van der Waals surface area contributed by atoms with Crippen molar-refractivity contribution in [3.8, 4) is 5.69 Å². The highest BCUT2D eigenvalue weighted by Gasteiger charge is 2.23. The van der Waals surface area contributed by atoms with Gasteiger partial charge in [0, 0.05) is 24.0 Å². The number of benzene rings is 2. The van der Waals surface area contributed by atoms with Crippen molar-refractivity contribution < 1.29 is 8.42 Å². The minimum Gasteiger partial charge on any atom is -0.368 e. The quantitative estimate of drug-likeness (QED) is 0.306. The van der Waals surface area contributed by atoms with Gasteiger partial charge in [0.1, 0.15) is 11.6 Å². The van der Waals surface area contributed by atoms with Crippen LogP contribution in [0.15, 0.2) is 59.5 Å². The molecule has 0 spiro atoms. The van der Waals surface area contributed by atoms with Gasteiger partial charge < -0.3 is 5.32 Å². The Labute approximate surface area is 216 Å². The molecule has 2 aromatic heterocycles. The van der Waals surface area contributed by atoms with Gasteiger partial charge in [0.2, 0.25) is 10.0 Å². The third-order valence-corrected chi connectivity index (χ3v) is 8.22. The van der Waals surface area contributed by atoms with Crippen molar-refractivity contribution >= 4 is 38.5 Å². The van der Waals surface area contributed by atoms with Gasteiger partial charge in [-0.2, -0.15) is 5.10 Å². The molecule has 5 rings (SSSR count). The zero-order valence-electron chi connectivity index (χ0n) is 20.1. The molecule has 2 aromatic carbocycles. The number of anilines is 1. The summed E-state index contributed by atoms with van der Waals surface area (Å²) in [6.45, 7) is 2.50. The average Bonchev–Trinajstić information content (AvgIpc) is 3.24. The number of halogens is 1. The van der Waals surface area contributed by atoms with Crippen molar-refractivity contribution in [3.05, 3.63) is 71.1 Å². The van der Waals surface area contributed by atoms with Crippen LogP contribution in [0.4, 0.5) is 5.82 Å². The van der Waals surface area contributed by atoms with E-state index in [4.69, 9.17) is 26.7 Å². The zero-order chi connectivity index (χ0) is 25.1. The first kappa shape index (κ1) is 24.7. The number of hydrogen-bond acceptors (Lipinski definition) is 6. The van der Waals surface area contributed by atoms with Gasteiger partial charge in [0.25, 0.3) is 0 Å². The van der Waals surface area contributed by atoms with E-state index in [-0.39, 0.29) is 11.4 Å². The van der Waals surface area contributed by atoms with Gasteiger partial charge in [-0.3, -0.25) is 0 Å². The van der Waals surface area contributed by atoms with E-state index in [1.807, 2.05) is 35.9 Å². The third kappa shape index (κ3) is 5.23. The molecule has 36 heavy (non-hydrogen) atoms. The summed E-state index contributed by atoms with van der Waals surface area (Å²) in [5, 5.41) is 9.55. The third-order valence-electron chi connectivity index (χ3n) is 6.51. The largest absolute Gasteiger partial charge is 0.368 e. The Balaban J connectivity index is 1.45. The molecule has 2 heterocycles. The lowest BCUT2D eigenvalue weighted by atomic mass is 9.88. The maximum absolute atomic E-state index is 12.6. The number of sulfonamides is 1. The predicted molar refractivity (Wildman–Crippen MR) is 142 cm³/mol. The van der Waals surface area contributed by atoms with Crippen LogP contribution in [-0.4, -0.2) is 41.3 Å². The molecule has 4 aromatic rings. The van der Waals surface area contributed by atoms with Crippen molar-refractivity contribution in [2.24, 2.45) is 0 Å². The molecule has 188 valence electrons. The standard InChI is InChI=1S/C26H29ClN6O2S/c1-18-23-25(28-15-16-29-36(34,35)22-13-6-3-7-14-22)30-24(19-9-4-2-5-10-19)31-26(23)33(32-18)21-12-8-11-20(27)17-21/h3,6-8,11-14,17,19,29H,2,4-5,9-10,15-16H2,1H3,(H,28,30,31). The molecule has 0 bridgehead atoms. The summed E-state index contributed by atoms with van der Waals surface area (Å²) in [6.07, 6.45) is 5.70. The lowest BCUT2D eigenvalue weighted by Gasteiger charge is -2.21. The minimum atomic E-state index is -3.58. The smallest absolute Gasteiger partial charge is 0.240 e. The first-order chi connectivity index (χ1) is 17.4. The Bertz CT molecular complexity index is 1470. The molecule has 1 fully saturated rings. The molecule has 1 aliphatic rings. The van der Waals surface area contributed by atoms with E-state index in [1.54, 1.807) is 30.3 Å². The van der Waals surface area contributed by atoms with E-state index >= 15 is 0 Å². The second-order valence-electron chi connectivity index (χ2n) is 9.08. The van der Waals surface area contributed by atoms with E-state index in [2.05, 4.69) is 10.0 Å². The fourth-order valence-electron chi connectivity index (χ4n) is 4.71. The predicted octanol–water partition coefficient (Wildman–Crippen LogP) is 5.22. The van der Waals surface area contributed by atoms with E-state index < -0.39 is 10.0 Å². The van der Waals surface area contributed by atoms with Gasteiger partial charge in [-0.1, -0.05) is 55.1 Å². The summed E-state index contributed by atoms with van der Waals surface area (Å²) in [5.41, 5.74) is 2.33. The molecule has 1 saturated carbocycles. The fraction of sp³-hybridized carbons (Fsp3) is 0.346. The van der Waals surface area contributed by atoms with Crippen LogP contribution in [0.1, 0.15) is 49.5 Å². The highest BCUT2D eigenvalue weighted by atomic mass is 35.5. The average molecular weight is 525 g/mol. The molecule has 8 nitrogen and oxygen atoms in total. The lowest BCUT2D eigenvalue weighted by Crippen LogP contribution is -2.29. The van der Waals surface area contributed by atoms with Crippen LogP contribution in [-0.2, 0) is 10.0 Å². The Morgan fingerprint density at radius 3 is 2.53 bits per heavy atom. The van der Waals surface area contributed by atoms with Crippen LogP contribution in [0.25, 0.3) is 16.7 Å². The van der Waals surface area contributed by atoms with Gasteiger partial charge in [-0.25, -0.2) is 27.8 Å².